The van der Waals surface area contributed by atoms with Crippen molar-refractivity contribution in [3.63, 3.8) is 0 Å². The van der Waals surface area contributed by atoms with Gasteiger partial charge < -0.3 is 0 Å². The van der Waals surface area contributed by atoms with E-state index in [4.69, 9.17) is 16.4 Å². The molecule has 10 aromatic rings. The Morgan fingerprint density at radius 1 is 0.259 bits per heavy atom. The Hall–Kier alpha value is -8.15. The average Bonchev–Trinajstić information content (AvgIpc) is 0.861. The van der Waals surface area contributed by atoms with Crippen molar-refractivity contribution < 1.29 is 39.3 Å². The Morgan fingerprint density at radius 3 is 1.00 bits per heavy atom. The maximum atomic E-state index is 7.64. The molecule has 0 bridgehead atoms. The van der Waals surface area contributed by atoms with Crippen molar-refractivity contribution >= 4 is 0 Å². The third-order valence-electron chi connectivity index (χ3n) is 15.3. The van der Waals surface area contributed by atoms with E-state index in [1.54, 1.807) is 30.9 Å². The normalized spacial score (nSPS) is 13.3. The summed E-state index contributed by atoms with van der Waals surface area (Å²) in [5.74, 6) is 0. The number of hydrogen-bond acceptors (Lipinski definition) is 0. The van der Waals surface area contributed by atoms with Crippen LogP contribution in [0.4, 0.5) is 0 Å². The Labute approximate surface area is 505 Å². The van der Waals surface area contributed by atoms with Gasteiger partial charge in [-0.1, -0.05) is 91.0 Å². The zero-order valence-corrected chi connectivity index (χ0v) is 51.0. The molecular weight excluding hydrogens is 983 g/mol. The topological polar surface area (TPSA) is 19.4 Å². The monoisotopic (exact) mass is 1090 g/mol. The Morgan fingerprint density at radius 2 is 0.617 bits per heavy atom. The quantitative estimate of drug-likeness (QED) is 0.153. The molecule has 0 saturated carbocycles. The predicted octanol–water partition coefficient (Wildman–Crippen LogP) is 15.8. The van der Waals surface area contributed by atoms with E-state index in [1.807, 2.05) is 142 Å². The van der Waals surface area contributed by atoms with Gasteiger partial charge in [-0.15, -0.1) is 0 Å². The minimum Gasteiger partial charge on any atom is -0.201 e. The molecule has 0 fully saturated rings. The molecule has 0 aliphatic carbocycles. The minimum absolute atomic E-state index is 0.379. The molecule has 0 radical (unpaired) electrons. The van der Waals surface area contributed by atoms with E-state index in [2.05, 4.69) is 145 Å². The van der Waals surface area contributed by atoms with Crippen LogP contribution >= 0.6 is 0 Å². The van der Waals surface area contributed by atoms with E-state index < -0.39 is 27.4 Å². The number of pyridine rings is 5. The summed E-state index contributed by atoms with van der Waals surface area (Å²) >= 11 is 0. The number of benzene rings is 5. The van der Waals surface area contributed by atoms with Gasteiger partial charge in [-0.05, 0) is 197 Å². The average molecular weight is 1090 g/mol. The van der Waals surface area contributed by atoms with Crippen LogP contribution in [0.25, 0.3) is 56.3 Å². The van der Waals surface area contributed by atoms with Gasteiger partial charge in [-0.2, -0.15) is 0 Å². The highest BCUT2D eigenvalue weighted by atomic mass is 14.9. The molecule has 5 aromatic carbocycles. The molecule has 5 nitrogen and oxygen atoms in total. The largest absolute Gasteiger partial charge is 0.215 e. The summed E-state index contributed by atoms with van der Waals surface area (Å²) in [6.45, 7) is 16.0. The Balaban J connectivity index is 0.000000185. The summed E-state index contributed by atoms with van der Waals surface area (Å²) in [6, 6.07) is 48.9. The molecule has 0 saturated heterocycles. The summed E-state index contributed by atoms with van der Waals surface area (Å²) in [5.41, 5.74) is 26.2. The maximum absolute atomic E-state index is 7.64. The van der Waals surface area contributed by atoms with Gasteiger partial charge in [-0.25, -0.2) is 22.8 Å². The van der Waals surface area contributed by atoms with E-state index in [1.165, 1.54) is 50.2 Å². The second kappa shape index (κ2) is 27.8. The van der Waals surface area contributed by atoms with E-state index in [0.717, 1.165) is 72.8 Å². The summed E-state index contributed by atoms with van der Waals surface area (Å²) in [4.78, 5) is 0. The first-order valence-corrected chi connectivity index (χ1v) is 27.5. The second-order valence-corrected chi connectivity index (χ2v) is 21.5. The van der Waals surface area contributed by atoms with Crippen LogP contribution in [0.5, 0.6) is 0 Å². The molecule has 0 aliphatic heterocycles. The molecule has 0 N–H and O–H groups in total. The first-order chi connectivity index (χ1) is 43.3. The standard InChI is InChI=1S/C16H20N.4C15H18N/c1-11-8-6-7-9-15(11)16-14(4)13(3)12(2)10-17(16)5;1-11-9-13(3)15(16(4)10-11)14-8-6-5-7-12(14)2;2*1-11-7-5-6-8-14(11)15-9-12(2)13(3)10-16(15)4;1-11-9-10-16(4)15(13(11)3)14-8-6-5-7-12(14)2/h6-10H,1-5H3;4*5-10H,1-4H3/q5*+1/i2D3;1D3;2*3D3;. The zero-order valence-electron chi connectivity index (χ0n) is 63.0. The van der Waals surface area contributed by atoms with Gasteiger partial charge >= 0.3 is 0 Å². The first-order valence-electron chi connectivity index (χ1n) is 33.5. The number of hydrogen-bond donors (Lipinski definition) is 0. The number of aromatic nitrogens is 5. The molecule has 0 spiro atoms. The lowest BCUT2D eigenvalue weighted by Gasteiger charge is -2.10. The van der Waals surface area contributed by atoms with Crippen LogP contribution in [0.3, 0.4) is 0 Å². The number of aryl methyl sites for hydroxylation is 18. The number of rotatable bonds is 5. The van der Waals surface area contributed by atoms with Gasteiger partial charge in [-0.3, -0.25) is 0 Å². The molecule has 5 aromatic heterocycles. The molecule has 0 unspecified atom stereocenters. The van der Waals surface area contributed by atoms with E-state index in [0.29, 0.717) is 22.3 Å². The van der Waals surface area contributed by atoms with Crippen LogP contribution in [0.1, 0.15) is 105 Å². The van der Waals surface area contributed by atoms with Crippen LogP contribution in [0, 0.1) is 110 Å². The number of nitrogens with zero attached hydrogens (tertiary/aromatic N) is 5. The van der Waals surface area contributed by atoms with E-state index >= 15 is 0 Å². The SMILES string of the molecule is Cc1ccccc1-c1c(C)c(C)cc[n+]1C.[2H]C([2H])([2H])c1c[n+](C)c(-c2ccccc2C)c(C)c1C.[2H]C([2H])([2H])c1c[n+](C)c(-c2ccccc2C)cc1C.[2H]C([2H])([2H])c1c[n+](C)c(-c2ccccc2C)cc1C.[2H]C([2H])([2H])c1cc(C)c(-c2ccccc2C)[n+](C)c1. The summed E-state index contributed by atoms with van der Waals surface area (Å²) in [5, 5.41) is 0. The van der Waals surface area contributed by atoms with Gasteiger partial charge in [0.1, 0.15) is 35.2 Å². The molecular formula is C76H92N5+5. The Kier molecular flexibility index (Phi) is 16.0. The fourth-order valence-corrected chi connectivity index (χ4v) is 10.2. The lowest BCUT2D eigenvalue weighted by atomic mass is 9.97. The van der Waals surface area contributed by atoms with Crippen LogP contribution in [0.2, 0.25) is 0 Å². The highest BCUT2D eigenvalue weighted by Gasteiger charge is 2.21. The van der Waals surface area contributed by atoms with Crippen LogP contribution in [-0.4, -0.2) is 0 Å². The highest BCUT2D eigenvalue weighted by molar-refractivity contribution is 5.67. The Bertz CT molecular complexity index is 4170. The fourth-order valence-electron chi connectivity index (χ4n) is 10.2. The van der Waals surface area contributed by atoms with Gasteiger partial charge in [0.15, 0.2) is 31.0 Å². The van der Waals surface area contributed by atoms with Crippen molar-refractivity contribution in [2.45, 2.75) is 110 Å². The summed E-state index contributed by atoms with van der Waals surface area (Å²) in [6.07, 6.45) is 8.98. The summed E-state index contributed by atoms with van der Waals surface area (Å²) in [7, 11) is 9.68. The van der Waals surface area contributed by atoms with Crippen molar-refractivity contribution in [2.24, 2.45) is 35.2 Å². The smallest absolute Gasteiger partial charge is 0.201 e. The van der Waals surface area contributed by atoms with Gasteiger partial charge in [0.05, 0.1) is 0 Å². The molecule has 5 heterocycles. The third-order valence-corrected chi connectivity index (χ3v) is 15.3. The van der Waals surface area contributed by atoms with Crippen LogP contribution < -0.4 is 22.8 Å². The third kappa shape index (κ3) is 15.2. The van der Waals surface area contributed by atoms with Crippen molar-refractivity contribution in [3.05, 3.63) is 266 Å². The fraction of sp³-hybridized carbons (Fsp3) is 0.276. The molecule has 0 aliphatic rings. The van der Waals surface area contributed by atoms with E-state index in [-0.39, 0.29) is 0 Å². The molecule has 0 amide bonds. The second-order valence-electron chi connectivity index (χ2n) is 21.5. The van der Waals surface area contributed by atoms with Crippen molar-refractivity contribution in [2.75, 3.05) is 0 Å². The van der Waals surface area contributed by atoms with Gasteiger partial charge in [0.25, 0.3) is 0 Å². The van der Waals surface area contributed by atoms with Crippen LogP contribution in [0.15, 0.2) is 177 Å². The minimum atomic E-state index is -2.07. The van der Waals surface area contributed by atoms with Gasteiger partial charge in [0, 0.05) is 101 Å². The molecule has 10 rings (SSSR count). The van der Waals surface area contributed by atoms with Crippen molar-refractivity contribution in [1.29, 1.82) is 0 Å². The highest BCUT2D eigenvalue weighted by Crippen LogP contribution is 2.28. The maximum Gasteiger partial charge on any atom is 0.215 e. The molecule has 5 heteroatoms. The van der Waals surface area contributed by atoms with Crippen LogP contribution in [-0.2, 0) is 35.2 Å². The predicted molar refractivity (Wildman–Crippen MR) is 341 cm³/mol. The lowest BCUT2D eigenvalue weighted by molar-refractivity contribution is -0.661. The lowest BCUT2D eigenvalue weighted by Crippen LogP contribution is -2.33. The summed E-state index contributed by atoms with van der Waals surface area (Å²) < 4.78 is 101. The van der Waals surface area contributed by atoms with E-state index in [9.17, 15) is 0 Å². The van der Waals surface area contributed by atoms with Gasteiger partial charge in [0.2, 0.25) is 28.5 Å². The molecule has 81 heavy (non-hydrogen) atoms. The van der Waals surface area contributed by atoms with Crippen molar-refractivity contribution in [3.8, 4) is 56.3 Å². The molecule has 416 valence electrons. The molecule has 0 atom stereocenters. The van der Waals surface area contributed by atoms with Crippen molar-refractivity contribution in [1.82, 2.24) is 0 Å². The first kappa shape index (κ1) is 46.6. The zero-order chi connectivity index (χ0) is 69.4.